The van der Waals surface area contributed by atoms with E-state index in [0.29, 0.717) is 55.6 Å². The lowest BCUT2D eigenvalue weighted by Crippen LogP contribution is -2.61. The van der Waals surface area contributed by atoms with Crippen LogP contribution in [0.1, 0.15) is 153 Å². The number of hydrogen-bond donors (Lipinski definition) is 3. The lowest BCUT2D eigenvalue weighted by atomic mass is 9.46. The third kappa shape index (κ3) is 14.2. The zero-order valence-corrected chi connectivity index (χ0v) is 59.2. The van der Waals surface area contributed by atoms with Crippen LogP contribution in [0.3, 0.4) is 0 Å². The summed E-state index contributed by atoms with van der Waals surface area (Å²) in [6.45, 7) is 19.9. The molecule has 12 aliphatic rings. The first-order chi connectivity index (χ1) is 45.8. The molecule has 0 bridgehead atoms. The molecule has 548 valence electrons. The first kappa shape index (κ1) is 73.7. The van der Waals surface area contributed by atoms with Crippen LogP contribution in [0.5, 0.6) is 0 Å². The molecule has 12 rings (SSSR count). The van der Waals surface area contributed by atoms with Gasteiger partial charge >= 0.3 is 0 Å². The van der Waals surface area contributed by atoms with E-state index in [1.165, 1.54) is 19.8 Å². The van der Waals surface area contributed by atoms with Crippen molar-refractivity contribution in [1.29, 1.82) is 0 Å². The van der Waals surface area contributed by atoms with Crippen LogP contribution in [0, 0.1) is 28.6 Å². The average molecular weight is 1370 g/mol. The molecule has 1 spiro atoms. The number of methoxy groups -OCH3 is 6. The summed E-state index contributed by atoms with van der Waals surface area (Å²) >= 11 is 0. The number of ether oxygens (including phenoxy) is 20. The molecule has 3 N–H and O–H groups in total. The van der Waals surface area contributed by atoms with Crippen LogP contribution in [0.25, 0.3) is 0 Å². The predicted octanol–water partition coefficient (Wildman–Crippen LogP) is 6.16. The number of Topliss-reactive ketones (excluding diaryl/α,β-unsaturated/α-hetero) is 1. The highest BCUT2D eigenvalue weighted by Gasteiger charge is 2.66. The Morgan fingerprint density at radius 1 is 0.594 bits per heavy atom. The Morgan fingerprint density at radius 2 is 1.18 bits per heavy atom. The molecule has 10 fully saturated rings. The highest BCUT2D eigenvalue weighted by Crippen LogP contribution is 2.68. The summed E-state index contributed by atoms with van der Waals surface area (Å²) in [5.41, 5.74) is -0.00329. The van der Waals surface area contributed by atoms with Crippen molar-refractivity contribution in [2.75, 3.05) is 49.3 Å². The molecule has 0 aromatic heterocycles. The van der Waals surface area contributed by atoms with Crippen molar-refractivity contribution in [3.8, 4) is 0 Å². The van der Waals surface area contributed by atoms with Gasteiger partial charge in [-0.1, -0.05) is 25.5 Å². The summed E-state index contributed by atoms with van der Waals surface area (Å²) in [7, 11) is 9.41. The summed E-state index contributed by atoms with van der Waals surface area (Å²) in [4.78, 5) is 25.6. The van der Waals surface area contributed by atoms with Crippen LogP contribution in [0.15, 0.2) is 23.5 Å². The lowest BCUT2D eigenvalue weighted by Gasteiger charge is -2.59. The van der Waals surface area contributed by atoms with Crippen LogP contribution in [-0.4, -0.2) is 254 Å². The molecule has 35 atom stereocenters. The fraction of sp³-hybridized carbons (Fsp3) is 0.929. The number of carbonyl (C=O) groups excluding carboxylic acids is 1. The van der Waals surface area contributed by atoms with E-state index in [9.17, 15) is 20.1 Å². The van der Waals surface area contributed by atoms with Gasteiger partial charge in [-0.05, 0) is 136 Å². The summed E-state index contributed by atoms with van der Waals surface area (Å²) in [5.74, 6) is -0.0779. The fourth-order valence-electron chi connectivity index (χ4n) is 19.1. The van der Waals surface area contributed by atoms with E-state index >= 15 is 0 Å². The molecule has 8 aliphatic heterocycles. The van der Waals surface area contributed by atoms with Crippen molar-refractivity contribution >= 4 is 5.78 Å². The SMILES string of the molecule is COC1=CC(C)OC(OC2CCC3(C)C(=CCC4C3CCC3(C)C4CCC3(O)C(C)OC3CC4OCC5(CC(OC)C(OC6CC(OC)C(OC7CC(OC)C(OC8CC(OC)C(OC9OC(C)C(O)C(OC)C9O)C(C)O8)C(C)O7)C(C)O6)C(C)O5)OOC4C(C)O3)C2)C1=O. The topological polar surface area (TPSA) is 281 Å². The number of rotatable bonds is 19. The van der Waals surface area contributed by atoms with E-state index in [1.54, 1.807) is 41.4 Å². The highest BCUT2D eigenvalue weighted by atomic mass is 17.2. The Hall–Kier alpha value is -2.01. The first-order valence-electron chi connectivity index (χ1n) is 35.5. The van der Waals surface area contributed by atoms with Gasteiger partial charge in [-0.15, -0.1) is 0 Å². The molecular formula is C70H112O26. The second-order valence-electron chi connectivity index (χ2n) is 30.1. The van der Waals surface area contributed by atoms with E-state index in [2.05, 4.69) is 19.9 Å². The van der Waals surface area contributed by atoms with Crippen molar-refractivity contribution in [2.45, 2.75) is 336 Å². The average Bonchev–Trinajstić information content (AvgIpc) is 1.44. The smallest absolute Gasteiger partial charge is 0.252 e. The molecule has 26 nitrogen and oxygen atoms in total. The molecular weight excluding hydrogens is 1260 g/mol. The maximum absolute atomic E-state index is 13.1. The van der Waals surface area contributed by atoms with Gasteiger partial charge < -0.3 is 110 Å². The second-order valence-corrected chi connectivity index (χ2v) is 30.1. The Bertz CT molecular complexity index is 2670. The zero-order chi connectivity index (χ0) is 68.5. The normalized spacial score (nSPS) is 51.8. The number of allylic oxidation sites excluding steroid dienone is 1. The maximum atomic E-state index is 13.1. The number of hydrogen-bond acceptors (Lipinski definition) is 26. The van der Waals surface area contributed by atoms with Gasteiger partial charge in [-0.3, -0.25) is 4.79 Å². The largest absolute Gasteiger partial charge is 0.493 e. The maximum Gasteiger partial charge on any atom is 0.252 e. The van der Waals surface area contributed by atoms with Gasteiger partial charge in [0.05, 0.1) is 98.2 Å². The molecule has 0 aromatic rings. The van der Waals surface area contributed by atoms with E-state index in [-0.39, 0.29) is 41.8 Å². The van der Waals surface area contributed by atoms with E-state index in [0.717, 1.165) is 44.9 Å². The number of carbonyl (C=O) groups is 1. The zero-order valence-electron chi connectivity index (χ0n) is 59.2. The minimum absolute atomic E-state index is 0.0171. The van der Waals surface area contributed by atoms with Gasteiger partial charge in [0.2, 0.25) is 12.1 Å². The second kappa shape index (κ2) is 30.0. The Kier molecular flexibility index (Phi) is 23.0. The minimum atomic E-state index is -1.34. The number of fused-ring (bicyclic) bond motifs is 6. The molecule has 0 amide bonds. The van der Waals surface area contributed by atoms with E-state index in [4.69, 9.17) is 105 Å². The number of ketones is 1. The standard InChI is InChI=1S/C70H112O26/c1-33-25-46(75-11)57(72)65(82-33)89-42-19-22-67(9)41(26-42)17-18-43-44(67)20-23-68(10)45(43)21-24-70(68,74)40(8)88-52-30-50-63(38(6)86-52)95-96-69(32-81-50)31-51(79-15)62(39(7)94-69)92-55-28-48(77-13)60(36(4)84-55)90-53-27-47(76-12)59(35(3)83-53)91-54-29-49(78-14)61(37(5)85-54)93-66-58(73)64(80-16)56(71)34(2)87-66/h17,25,33-40,42-45,47-56,58-66,71,73-74H,18-24,26-32H2,1-16H3. The monoisotopic (exact) mass is 1370 g/mol. The van der Waals surface area contributed by atoms with Gasteiger partial charge in [-0.25, -0.2) is 4.89 Å². The fourth-order valence-corrected chi connectivity index (χ4v) is 19.1. The van der Waals surface area contributed by atoms with Crippen LogP contribution in [0.2, 0.25) is 0 Å². The summed E-state index contributed by atoms with van der Waals surface area (Å²) in [6, 6.07) is 0. The Balaban J connectivity index is 0.606. The van der Waals surface area contributed by atoms with Crippen LogP contribution in [0.4, 0.5) is 0 Å². The van der Waals surface area contributed by atoms with E-state index in [1.807, 2.05) is 48.5 Å². The highest BCUT2D eigenvalue weighted by molar-refractivity contribution is 5.96. The van der Waals surface area contributed by atoms with Crippen LogP contribution in [-0.2, 0) is 109 Å². The van der Waals surface area contributed by atoms with Crippen molar-refractivity contribution in [2.24, 2.45) is 28.6 Å². The third-order valence-corrected chi connectivity index (χ3v) is 24.6. The Morgan fingerprint density at radius 3 is 1.77 bits per heavy atom. The van der Waals surface area contributed by atoms with Crippen molar-refractivity contribution < 1.29 is 125 Å². The summed E-state index contributed by atoms with van der Waals surface area (Å²) in [6.07, 6.45) is -4.75. The van der Waals surface area contributed by atoms with Gasteiger partial charge in [-0.2, -0.15) is 4.89 Å². The summed E-state index contributed by atoms with van der Waals surface area (Å²) in [5, 5.41) is 34.5. The molecule has 35 unspecified atom stereocenters. The van der Waals surface area contributed by atoms with Crippen LogP contribution >= 0.6 is 0 Å². The van der Waals surface area contributed by atoms with Gasteiger partial charge in [0, 0.05) is 73.1 Å². The molecule has 0 aromatic carbocycles. The minimum Gasteiger partial charge on any atom is -0.493 e. The van der Waals surface area contributed by atoms with Gasteiger partial charge in [0.1, 0.15) is 55.4 Å². The van der Waals surface area contributed by atoms with Crippen molar-refractivity contribution in [1.82, 2.24) is 0 Å². The molecule has 4 aliphatic carbocycles. The molecule has 8 heterocycles. The van der Waals surface area contributed by atoms with Crippen molar-refractivity contribution in [3.63, 3.8) is 0 Å². The van der Waals surface area contributed by atoms with Gasteiger partial charge in [0.15, 0.2) is 37.2 Å². The summed E-state index contributed by atoms with van der Waals surface area (Å²) < 4.78 is 126. The third-order valence-electron chi connectivity index (χ3n) is 24.6. The predicted molar refractivity (Wildman–Crippen MR) is 336 cm³/mol. The molecule has 7 saturated heterocycles. The molecule has 26 heteroatoms. The lowest BCUT2D eigenvalue weighted by molar-refractivity contribution is -0.472. The quantitative estimate of drug-likeness (QED) is 0.0964. The molecule has 96 heavy (non-hydrogen) atoms. The number of aliphatic hydroxyl groups excluding tert-OH is 2. The Labute approximate surface area is 565 Å². The molecule has 3 saturated carbocycles. The van der Waals surface area contributed by atoms with Gasteiger partial charge in [0.25, 0.3) is 5.78 Å². The number of aliphatic hydroxyl groups is 3. The van der Waals surface area contributed by atoms with Crippen LogP contribution < -0.4 is 0 Å². The first-order valence-corrected chi connectivity index (χ1v) is 35.5. The van der Waals surface area contributed by atoms with E-state index < -0.39 is 171 Å². The van der Waals surface area contributed by atoms with Crippen molar-refractivity contribution in [3.05, 3.63) is 23.5 Å². The molecule has 0 radical (unpaired) electrons.